The fourth-order valence-corrected chi connectivity index (χ4v) is 2.15. The highest BCUT2D eigenvalue weighted by Crippen LogP contribution is 2.27. The number of nitriles is 1. The van der Waals surface area contributed by atoms with Crippen LogP contribution in [0.3, 0.4) is 0 Å². The molecule has 0 aromatic heterocycles. The Balaban J connectivity index is 1.91. The minimum atomic E-state index is 0.345. The molecule has 1 saturated heterocycles. The summed E-state index contributed by atoms with van der Waals surface area (Å²) >= 11 is 0. The zero-order valence-corrected chi connectivity index (χ0v) is 9.84. The second kappa shape index (κ2) is 5.55. The van der Waals surface area contributed by atoms with Gasteiger partial charge in [-0.1, -0.05) is 12.1 Å². The van der Waals surface area contributed by atoms with Gasteiger partial charge in [0.15, 0.2) is 0 Å². The molecule has 1 N–H and O–H groups in total. The average Bonchev–Trinajstić information content (AvgIpc) is 2.38. The van der Waals surface area contributed by atoms with Crippen molar-refractivity contribution in [3.8, 4) is 11.8 Å². The molecule has 1 fully saturated rings. The molecule has 1 aromatic rings. The Hall–Kier alpha value is -1.73. The van der Waals surface area contributed by atoms with Crippen LogP contribution in [0.2, 0.25) is 0 Å². The summed E-state index contributed by atoms with van der Waals surface area (Å²) in [6, 6.07) is 9.61. The molecular formula is C13H17N3O. The molecule has 0 unspecified atom stereocenters. The van der Waals surface area contributed by atoms with Crippen LogP contribution < -0.4 is 4.90 Å². The minimum Gasteiger partial charge on any atom is -0.506 e. The number of rotatable bonds is 3. The van der Waals surface area contributed by atoms with Crippen LogP contribution in [-0.4, -0.2) is 42.7 Å². The number of phenols is 1. The maximum atomic E-state index is 9.77. The largest absolute Gasteiger partial charge is 0.506 e. The highest BCUT2D eigenvalue weighted by molar-refractivity contribution is 5.57. The molecule has 1 aromatic carbocycles. The van der Waals surface area contributed by atoms with Crippen molar-refractivity contribution in [2.45, 2.75) is 6.42 Å². The van der Waals surface area contributed by atoms with Gasteiger partial charge in [-0.15, -0.1) is 0 Å². The maximum absolute atomic E-state index is 9.77. The second-order valence-corrected chi connectivity index (χ2v) is 4.23. The normalized spacial score (nSPS) is 16.8. The lowest BCUT2D eigenvalue weighted by atomic mass is 10.2. The SMILES string of the molecule is N#CCCN1CCN(c2ccccc2O)CC1. The van der Waals surface area contributed by atoms with Crippen LogP contribution in [0.4, 0.5) is 5.69 Å². The van der Waals surface area contributed by atoms with Crippen LogP contribution in [0.15, 0.2) is 24.3 Å². The molecule has 2 rings (SSSR count). The van der Waals surface area contributed by atoms with Gasteiger partial charge in [0.25, 0.3) is 0 Å². The number of hydrogen-bond acceptors (Lipinski definition) is 4. The number of para-hydroxylation sites is 2. The lowest BCUT2D eigenvalue weighted by Crippen LogP contribution is -2.46. The van der Waals surface area contributed by atoms with E-state index in [2.05, 4.69) is 15.9 Å². The summed E-state index contributed by atoms with van der Waals surface area (Å²) in [5.41, 5.74) is 0.910. The summed E-state index contributed by atoms with van der Waals surface area (Å²) in [5, 5.41) is 18.3. The summed E-state index contributed by atoms with van der Waals surface area (Å²) < 4.78 is 0. The molecule has 17 heavy (non-hydrogen) atoms. The molecule has 1 aliphatic heterocycles. The molecular weight excluding hydrogens is 214 g/mol. The van der Waals surface area contributed by atoms with E-state index in [1.165, 1.54) is 0 Å². The minimum absolute atomic E-state index is 0.345. The van der Waals surface area contributed by atoms with Crippen LogP contribution in [-0.2, 0) is 0 Å². The Labute approximate surface area is 102 Å². The summed E-state index contributed by atoms with van der Waals surface area (Å²) in [7, 11) is 0. The van der Waals surface area contributed by atoms with Gasteiger partial charge in [-0.3, -0.25) is 4.90 Å². The van der Waals surface area contributed by atoms with Crippen molar-refractivity contribution in [2.24, 2.45) is 0 Å². The van der Waals surface area contributed by atoms with Crippen LogP contribution in [0.25, 0.3) is 0 Å². The second-order valence-electron chi connectivity index (χ2n) is 4.23. The van der Waals surface area contributed by atoms with Gasteiger partial charge in [0.05, 0.1) is 11.8 Å². The Morgan fingerprint density at radius 1 is 1.18 bits per heavy atom. The van der Waals surface area contributed by atoms with Crippen molar-refractivity contribution in [3.05, 3.63) is 24.3 Å². The summed E-state index contributed by atoms with van der Waals surface area (Å²) in [5.74, 6) is 0.345. The standard InChI is InChI=1S/C13H17N3O/c14-6-3-7-15-8-10-16(11-9-15)12-4-1-2-5-13(12)17/h1-2,4-5,17H,3,7-11H2. The molecule has 0 saturated carbocycles. The maximum Gasteiger partial charge on any atom is 0.138 e. The molecule has 4 nitrogen and oxygen atoms in total. The summed E-state index contributed by atoms with van der Waals surface area (Å²) in [4.78, 5) is 4.48. The van der Waals surface area contributed by atoms with E-state index in [1.54, 1.807) is 6.07 Å². The van der Waals surface area contributed by atoms with Crippen molar-refractivity contribution in [1.29, 1.82) is 5.26 Å². The Bertz CT molecular complexity index is 405. The van der Waals surface area contributed by atoms with E-state index < -0.39 is 0 Å². The molecule has 0 bridgehead atoms. The average molecular weight is 231 g/mol. The van der Waals surface area contributed by atoms with E-state index in [4.69, 9.17) is 5.26 Å². The van der Waals surface area contributed by atoms with Gasteiger partial charge in [0.1, 0.15) is 5.75 Å². The predicted molar refractivity (Wildman–Crippen MR) is 67.0 cm³/mol. The van der Waals surface area contributed by atoms with E-state index >= 15 is 0 Å². The first-order chi connectivity index (χ1) is 8.31. The van der Waals surface area contributed by atoms with Gasteiger partial charge in [-0.2, -0.15) is 5.26 Å². The van der Waals surface area contributed by atoms with Gasteiger partial charge >= 0.3 is 0 Å². The van der Waals surface area contributed by atoms with Crippen LogP contribution in [0.5, 0.6) is 5.75 Å². The number of aromatic hydroxyl groups is 1. The van der Waals surface area contributed by atoms with Crippen molar-refractivity contribution >= 4 is 5.69 Å². The Morgan fingerprint density at radius 3 is 2.53 bits per heavy atom. The molecule has 4 heteroatoms. The third-order valence-electron chi connectivity index (χ3n) is 3.13. The molecule has 1 heterocycles. The molecule has 0 amide bonds. The first kappa shape index (κ1) is 11.7. The predicted octanol–water partition coefficient (Wildman–Crippen LogP) is 1.43. The number of phenolic OH excluding ortho intramolecular Hbond substituents is 1. The molecule has 0 atom stereocenters. The van der Waals surface area contributed by atoms with E-state index in [0.717, 1.165) is 38.4 Å². The monoisotopic (exact) mass is 231 g/mol. The van der Waals surface area contributed by atoms with Gasteiger partial charge in [-0.25, -0.2) is 0 Å². The molecule has 0 aliphatic carbocycles. The van der Waals surface area contributed by atoms with Crippen molar-refractivity contribution in [3.63, 3.8) is 0 Å². The Morgan fingerprint density at radius 2 is 1.88 bits per heavy atom. The van der Waals surface area contributed by atoms with Crippen molar-refractivity contribution < 1.29 is 5.11 Å². The fraction of sp³-hybridized carbons (Fsp3) is 0.462. The highest BCUT2D eigenvalue weighted by Gasteiger charge is 2.18. The van der Waals surface area contributed by atoms with Crippen LogP contribution >= 0.6 is 0 Å². The van der Waals surface area contributed by atoms with E-state index in [1.807, 2.05) is 18.2 Å². The lowest BCUT2D eigenvalue weighted by Gasteiger charge is -2.35. The third kappa shape index (κ3) is 2.89. The molecule has 90 valence electrons. The summed E-state index contributed by atoms with van der Waals surface area (Å²) in [6.07, 6.45) is 0.594. The number of anilines is 1. The first-order valence-electron chi connectivity index (χ1n) is 5.93. The Kier molecular flexibility index (Phi) is 3.84. The summed E-state index contributed by atoms with van der Waals surface area (Å²) in [6.45, 7) is 4.57. The number of piperazine rings is 1. The van der Waals surface area contributed by atoms with Crippen LogP contribution in [0.1, 0.15) is 6.42 Å². The van der Waals surface area contributed by atoms with E-state index in [0.29, 0.717) is 12.2 Å². The molecule has 1 aliphatic rings. The van der Waals surface area contributed by atoms with Gasteiger partial charge < -0.3 is 10.0 Å². The number of nitrogens with zero attached hydrogens (tertiary/aromatic N) is 3. The highest BCUT2D eigenvalue weighted by atomic mass is 16.3. The topological polar surface area (TPSA) is 50.5 Å². The van der Waals surface area contributed by atoms with Crippen molar-refractivity contribution in [1.82, 2.24) is 4.90 Å². The van der Waals surface area contributed by atoms with Crippen LogP contribution in [0, 0.1) is 11.3 Å². The van der Waals surface area contributed by atoms with E-state index in [-0.39, 0.29) is 0 Å². The van der Waals surface area contributed by atoms with E-state index in [9.17, 15) is 5.11 Å². The fourth-order valence-electron chi connectivity index (χ4n) is 2.15. The van der Waals surface area contributed by atoms with Gasteiger partial charge in [0, 0.05) is 39.1 Å². The smallest absolute Gasteiger partial charge is 0.138 e. The first-order valence-corrected chi connectivity index (χ1v) is 5.93. The third-order valence-corrected chi connectivity index (χ3v) is 3.13. The van der Waals surface area contributed by atoms with Gasteiger partial charge in [0.2, 0.25) is 0 Å². The van der Waals surface area contributed by atoms with Gasteiger partial charge in [-0.05, 0) is 12.1 Å². The lowest BCUT2D eigenvalue weighted by molar-refractivity contribution is 0.263. The number of benzene rings is 1. The molecule has 0 spiro atoms. The zero-order chi connectivity index (χ0) is 12.1. The van der Waals surface area contributed by atoms with Crippen molar-refractivity contribution in [2.75, 3.05) is 37.6 Å². The zero-order valence-electron chi connectivity index (χ0n) is 9.84. The molecule has 0 radical (unpaired) electrons. The quantitative estimate of drug-likeness (QED) is 0.855. The number of hydrogen-bond donors (Lipinski definition) is 1.